The van der Waals surface area contributed by atoms with Gasteiger partial charge in [-0.1, -0.05) is 18.2 Å². The highest BCUT2D eigenvalue weighted by Crippen LogP contribution is 2.24. The number of rotatable bonds is 7. The fourth-order valence-corrected chi connectivity index (χ4v) is 1.77. The van der Waals surface area contributed by atoms with Crippen molar-refractivity contribution in [2.45, 2.75) is 6.23 Å². The molecule has 1 heterocycles. The van der Waals surface area contributed by atoms with Gasteiger partial charge in [0.15, 0.2) is 6.23 Å². The number of nitrogens with one attached hydrogen (secondary N) is 1. The molecule has 2 rings (SSSR count). The van der Waals surface area contributed by atoms with Gasteiger partial charge in [-0.2, -0.15) is 0 Å². The van der Waals surface area contributed by atoms with E-state index in [9.17, 15) is 4.79 Å². The van der Waals surface area contributed by atoms with E-state index in [1.165, 1.54) is 6.08 Å². The molecule has 1 aromatic carbocycles. The maximum absolute atomic E-state index is 10.0. The Morgan fingerprint density at radius 1 is 1.48 bits per heavy atom. The first-order chi connectivity index (χ1) is 10.3. The summed E-state index contributed by atoms with van der Waals surface area (Å²) in [4.78, 5) is 10.0. The van der Waals surface area contributed by atoms with Gasteiger partial charge in [0.1, 0.15) is 24.1 Å². The highest BCUT2D eigenvalue weighted by Gasteiger charge is 2.12. The van der Waals surface area contributed by atoms with E-state index < -0.39 is 0 Å². The Balaban J connectivity index is 1.87. The second-order valence-electron chi connectivity index (χ2n) is 4.25. The number of hydrogen-bond acceptors (Lipinski definition) is 5. The molecule has 5 nitrogen and oxygen atoms in total. The van der Waals surface area contributed by atoms with Gasteiger partial charge in [0.05, 0.1) is 13.7 Å². The number of fused-ring (bicyclic) bond motifs is 1. The fraction of sp³-hybridized carbons (Fsp3) is 0.250. The van der Waals surface area contributed by atoms with E-state index in [0.717, 1.165) is 11.3 Å². The van der Waals surface area contributed by atoms with E-state index in [1.807, 2.05) is 36.4 Å². The smallest absolute Gasteiger partial charge is 0.189 e. The molecule has 0 bridgehead atoms. The summed E-state index contributed by atoms with van der Waals surface area (Å²) in [7, 11) is 1.55. The van der Waals surface area contributed by atoms with Gasteiger partial charge in [0, 0.05) is 17.8 Å². The maximum Gasteiger partial charge on any atom is 0.189 e. The van der Waals surface area contributed by atoms with Gasteiger partial charge in [-0.05, 0) is 18.2 Å². The zero-order chi connectivity index (χ0) is 14.9. The van der Waals surface area contributed by atoms with Crippen LogP contribution in [0.5, 0.6) is 5.75 Å². The lowest BCUT2D eigenvalue weighted by molar-refractivity contribution is 0.132. The SMILES string of the molecule is COC(=CNC1C=Cc2ccccc2O1)COCC=C=O. The quantitative estimate of drug-likeness (QED) is 0.471. The molecule has 0 fully saturated rings. The topological polar surface area (TPSA) is 56.8 Å². The summed E-state index contributed by atoms with van der Waals surface area (Å²) in [6.45, 7) is 0.464. The van der Waals surface area contributed by atoms with Gasteiger partial charge < -0.3 is 19.5 Å². The molecule has 21 heavy (non-hydrogen) atoms. The minimum Gasteiger partial charge on any atom is -0.497 e. The van der Waals surface area contributed by atoms with E-state index in [1.54, 1.807) is 19.3 Å². The molecule has 0 saturated carbocycles. The molecule has 0 spiro atoms. The molecule has 1 N–H and O–H groups in total. The summed E-state index contributed by atoms with van der Waals surface area (Å²) in [5, 5.41) is 3.09. The van der Waals surface area contributed by atoms with Crippen molar-refractivity contribution in [3.05, 3.63) is 53.9 Å². The number of carbonyl (C=O) groups excluding carboxylic acids is 1. The van der Waals surface area contributed by atoms with Gasteiger partial charge in [-0.15, -0.1) is 0 Å². The van der Waals surface area contributed by atoms with Crippen molar-refractivity contribution >= 4 is 12.0 Å². The van der Waals surface area contributed by atoms with Crippen LogP contribution in [0.2, 0.25) is 0 Å². The normalized spacial score (nSPS) is 16.4. The molecule has 0 saturated heterocycles. The van der Waals surface area contributed by atoms with Crippen LogP contribution in [0.25, 0.3) is 6.08 Å². The summed E-state index contributed by atoms with van der Waals surface area (Å²) in [5.41, 5.74) is 1.05. The first-order valence-electron chi connectivity index (χ1n) is 6.53. The molecule has 0 radical (unpaired) electrons. The average Bonchev–Trinajstić information content (AvgIpc) is 2.54. The average molecular weight is 287 g/mol. The number of methoxy groups -OCH3 is 1. The Kier molecular flexibility index (Phi) is 5.64. The van der Waals surface area contributed by atoms with Crippen LogP contribution >= 0.6 is 0 Å². The van der Waals surface area contributed by atoms with Gasteiger partial charge in [-0.25, -0.2) is 4.79 Å². The molecular formula is C16H17NO4. The lowest BCUT2D eigenvalue weighted by Crippen LogP contribution is -2.30. The minimum absolute atomic E-state index is 0.206. The second kappa shape index (κ2) is 7.94. The Morgan fingerprint density at radius 3 is 3.14 bits per heavy atom. The molecule has 110 valence electrons. The van der Waals surface area contributed by atoms with Gasteiger partial charge >= 0.3 is 0 Å². The molecule has 0 aromatic heterocycles. The molecule has 1 aliphatic rings. The van der Waals surface area contributed by atoms with E-state index in [2.05, 4.69) is 5.32 Å². The lowest BCUT2D eigenvalue weighted by atomic mass is 10.1. The van der Waals surface area contributed by atoms with Crippen LogP contribution in [0.4, 0.5) is 0 Å². The van der Waals surface area contributed by atoms with E-state index in [0.29, 0.717) is 5.76 Å². The summed E-state index contributed by atoms with van der Waals surface area (Å²) in [5.74, 6) is 3.08. The summed E-state index contributed by atoms with van der Waals surface area (Å²) in [6, 6.07) is 7.81. The van der Waals surface area contributed by atoms with Crippen molar-refractivity contribution in [2.24, 2.45) is 0 Å². The van der Waals surface area contributed by atoms with Crippen molar-refractivity contribution in [1.82, 2.24) is 5.32 Å². The zero-order valence-corrected chi connectivity index (χ0v) is 11.7. The third kappa shape index (κ3) is 4.53. The maximum atomic E-state index is 10.0. The van der Waals surface area contributed by atoms with Gasteiger partial charge in [-0.3, -0.25) is 0 Å². The molecule has 1 aliphatic heterocycles. The highest BCUT2D eigenvalue weighted by molar-refractivity contribution is 5.59. The van der Waals surface area contributed by atoms with Crippen molar-refractivity contribution in [2.75, 3.05) is 20.3 Å². The van der Waals surface area contributed by atoms with Crippen molar-refractivity contribution in [1.29, 1.82) is 0 Å². The van der Waals surface area contributed by atoms with Crippen LogP contribution in [0.3, 0.4) is 0 Å². The fourth-order valence-electron chi connectivity index (χ4n) is 1.77. The molecule has 0 aliphatic carbocycles. The largest absolute Gasteiger partial charge is 0.497 e. The summed E-state index contributed by atoms with van der Waals surface area (Å²) >= 11 is 0. The van der Waals surface area contributed by atoms with Crippen LogP contribution in [0.15, 0.2) is 48.4 Å². The van der Waals surface area contributed by atoms with Crippen molar-refractivity contribution < 1.29 is 19.0 Å². The molecular weight excluding hydrogens is 270 g/mol. The Bertz CT molecular complexity index is 573. The number of hydrogen-bond donors (Lipinski definition) is 1. The third-order valence-corrected chi connectivity index (χ3v) is 2.82. The Morgan fingerprint density at radius 2 is 2.33 bits per heavy atom. The Hall–Kier alpha value is -2.49. The van der Waals surface area contributed by atoms with Crippen LogP contribution in [0.1, 0.15) is 5.56 Å². The van der Waals surface area contributed by atoms with Crippen LogP contribution in [-0.2, 0) is 14.3 Å². The van der Waals surface area contributed by atoms with Crippen molar-refractivity contribution in [3.63, 3.8) is 0 Å². The van der Waals surface area contributed by atoms with Crippen LogP contribution < -0.4 is 10.1 Å². The lowest BCUT2D eigenvalue weighted by Gasteiger charge is -2.21. The van der Waals surface area contributed by atoms with Gasteiger partial charge in [0.25, 0.3) is 0 Å². The predicted molar refractivity (Wildman–Crippen MR) is 79.2 cm³/mol. The third-order valence-electron chi connectivity index (χ3n) is 2.82. The highest BCUT2D eigenvalue weighted by atomic mass is 16.5. The minimum atomic E-state index is -0.264. The van der Waals surface area contributed by atoms with Crippen LogP contribution in [0, 0.1) is 0 Å². The van der Waals surface area contributed by atoms with E-state index in [-0.39, 0.29) is 19.4 Å². The summed E-state index contributed by atoms with van der Waals surface area (Å²) < 4.78 is 16.2. The number of benzene rings is 1. The second-order valence-corrected chi connectivity index (χ2v) is 4.25. The molecule has 1 atom stereocenters. The van der Waals surface area contributed by atoms with E-state index >= 15 is 0 Å². The number of ether oxygens (including phenoxy) is 3. The first-order valence-corrected chi connectivity index (χ1v) is 6.53. The molecule has 1 aromatic rings. The standard InChI is InChI=1S/C16H17NO4/c1-19-14(12-20-10-4-9-18)11-17-16-8-7-13-5-2-3-6-15(13)21-16/h2-8,11,16-17H,10,12H2,1H3. The number of para-hydroxylation sites is 1. The molecule has 5 heteroatoms. The zero-order valence-electron chi connectivity index (χ0n) is 11.7. The van der Waals surface area contributed by atoms with E-state index in [4.69, 9.17) is 14.2 Å². The van der Waals surface area contributed by atoms with Crippen LogP contribution in [-0.4, -0.2) is 32.5 Å². The first kappa shape index (κ1) is 14.9. The Labute approximate surface area is 123 Å². The molecule has 0 amide bonds. The van der Waals surface area contributed by atoms with Crippen molar-refractivity contribution in [3.8, 4) is 5.75 Å². The monoisotopic (exact) mass is 287 g/mol. The summed E-state index contributed by atoms with van der Waals surface area (Å²) in [6.07, 6.45) is 6.61. The van der Waals surface area contributed by atoms with Gasteiger partial charge in [0.2, 0.25) is 0 Å². The molecule has 1 unspecified atom stereocenters. The predicted octanol–water partition coefficient (Wildman–Crippen LogP) is 1.90.